The van der Waals surface area contributed by atoms with Crippen LogP contribution in [-0.2, 0) is 14.1 Å². The maximum absolute atomic E-state index is 12.3. The summed E-state index contributed by atoms with van der Waals surface area (Å²) in [7, 11) is 3.43. The minimum Gasteiger partial charge on any atom is -0.319 e. The third-order valence-electron chi connectivity index (χ3n) is 3.36. The van der Waals surface area contributed by atoms with Crippen LogP contribution in [0.5, 0.6) is 0 Å². The summed E-state index contributed by atoms with van der Waals surface area (Å²) in [5.41, 5.74) is 2.69. The first-order chi connectivity index (χ1) is 9.31. The summed E-state index contributed by atoms with van der Waals surface area (Å²) in [6.07, 6.45) is 1.71. The summed E-state index contributed by atoms with van der Waals surface area (Å²) < 4.78 is 3.09. The van der Waals surface area contributed by atoms with Crippen molar-refractivity contribution in [1.82, 2.24) is 14.3 Å². The molecule has 0 atom stereocenters. The van der Waals surface area contributed by atoms with Gasteiger partial charge in [-0.05, 0) is 32.4 Å². The molecule has 106 valence electrons. The first kappa shape index (κ1) is 14.0. The molecule has 2 aromatic rings. The molecule has 0 aliphatic carbocycles. The normalized spacial score (nSPS) is 10.7. The molecule has 6 heteroatoms. The van der Waals surface area contributed by atoms with E-state index in [1.54, 1.807) is 38.8 Å². The number of aromatic nitrogens is 3. The van der Waals surface area contributed by atoms with Gasteiger partial charge in [-0.2, -0.15) is 5.10 Å². The zero-order valence-electron chi connectivity index (χ0n) is 12.3. The summed E-state index contributed by atoms with van der Waals surface area (Å²) in [6, 6.07) is 1.83. The van der Waals surface area contributed by atoms with E-state index in [4.69, 9.17) is 0 Å². The molecule has 0 aromatic carbocycles. The molecule has 0 aliphatic rings. The molecule has 20 heavy (non-hydrogen) atoms. The Kier molecular flexibility index (Phi) is 3.48. The number of hydrogen-bond donors (Lipinski definition) is 1. The van der Waals surface area contributed by atoms with Gasteiger partial charge < -0.3 is 9.88 Å². The number of carbonyl (C=O) groups is 1. The van der Waals surface area contributed by atoms with E-state index >= 15 is 0 Å². The second-order valence-electron chi connectivity index (χ2n) is 4.96. The number of nitrogens with one attached hydrogen (secondary N) is 1. The van der Waals surface area contributed by atoms with Crippen molar-refractivity contribution in [2.24, 2.45) is 14.1 Å². The van der Waals surface area contributed by atoms with Crippen molar-refractivity contribution in [3.05, 3.63) is 45.1 Å². The summed E-state index contributed by atoms with van der Waals surface area (Å²) >= 11 is 0. The number of carbonyl (C=O) groups excluding carboxylic acids is 1. The first-order valence-electron chi connectivity index (χ1n) is 6.30. The molecule has 2 heterocycles. The van der Waals surface area contributed by atoms with Crippen LogP contribution in [0, 0.1) is 20.8 Å². The number of amides is 1. The number of pyridine rings is 1. The molecule has 1 N–H and O–H groups in total. The highest BCUT2D eigenvalue weighted by Gasteiger charge is 2.17. The van der Waals surface area contributed by atoms with Gasteiger partial charge in [0.15, 0.2) is 0 Å². The fourth-order valence-electron chi connectivity index (χ4n) is 2.16. The lowest BCUT2D eigenvalue weighted by atomic mass is 10.1. The van der Waals surface area contributed by atoms with Gasteiger partial charge in [0.2, 0.25) is 0 Å². The molecule has 2 rings (SSSR count). The molecule has 0 fully saturated rings. The van der Waals surface area contributed by atoms with Crippen LogP contribution < -0.4 is 10.9 Å². The van der Waals surface area contributed by atoms with Gasteiger partial charge in [0.25, 0.3) is 11.5 Å². The average Bonchev–Trinajstić information content (AvgIpc) is 2.65. The fraction of sp³-hybridized carbons (Fsp3) is 0.357. The lowest BCUT2D eigenvalue weighted by Crippen LogP contribution is -2.30. The minimum atomic E-state index is -0.404. The third kappa shape index (κ3) is 2.36. The van der Waals surface area contributed by atoms with Gasteiger partial charge in [-0.15, -0.1) is 0 Å². The molecule has 0 aliphatic heterocycles. The van der Waals surface area contributed by atoms with Gasteiger partial charge in [0.05, 0.1) is 11.4 Å². The van der Waals surface area contributed by atoms with E-state index in [1.165, 1.54) is 4.57 Å². The van der Waals surface area contributed by atoms with E-state index in [0.717, 1.165) is 5.69 Å². The monoisotopic (exact) mass is 274 g/mol. The number of hydrogen-bond acceptors (Lipinski definition) is 3. The van der Waals surface area contributed by atoms with Crippen LogP contribution in [0.25, 0.3) is 0 Å². The van der Waals surface area contributed by atoms with E-state index in [2.05, 4.69) is 10.4 Å². The predicted molar refractivity (Wildman–Crippen MR) is 77.1 cm³/mol. The number of rotatable bonds is 2. The van der Waals surface area contributed by atoms with Gasteiger partial charge >= 0.3 is 0 Å². The van der Waals surface area contributed by atoms with Crippen molar-refractivity contribution in [1.29, 1.82) is 0 Å². The topological polar surface area (TPSA) is 68.9 Å². The average molecular weight is 274 g/mol. The lowest BCUT2D eigenvalue weighted by Gasteiger charge is -2.10. The van der Waals surface area contributed by atoms with Gasteiger partial charge in [-0.25, -0.2) is 0 Å². The quantitative estimate of drug-likeness (QED) is 0.897. The summed E-state index contributed by atoms with van der Waals surface area (Å²) in [5.74, 6) is -0.404. The summed E-state index contributed by atoms with van der Waals surface area (Å²) in [5, 5.41) is 6.89. The Hall–Kier alpha value is -2.37. The van der Waals surface area contributed by atoms with Crippen molar-refractivity contribution in [3.8, 4) is 0 Å². The van der Waals surface area contributed by atoms with Gasteiger partial charge in [0, 0.05) is 26.0 Å². The first-order valence-corrected chi connectivity index (χ1v) is 6.30. The Bertz CT molecular complexity index is 740. The maximum Gasteiger partial charge on any atom is 0.263 e. The van der Waals surface area contributed by atoms with E-state index in [9.17, 15) is 9.59 Å². The summed E-state index contributed by atoms with van der Waals surface area (Å²) in [4.78, 5) is 24.5. The van der Waals surface area contributed by atoms with Crippen molar-refractivity contribution in [2.45, 2.75) is 20.8 Å². The molecule has 0 radical (unpaired) electrons. The van der Waals surface area contributed by atoms with Crippen LogP contribution in [0.3, 0.4) is 0 Å². The molecule has 0 saturated carbocycles. The maximum atomic E-state index is 12.3. The zero-order chi connectivity index (χ0) is 15.0. The second kappa shape index (κ2) is 4.96. The van der Waals surface area contributed by atoms with Crippen molar-refractivity contribution >= 4 is 11.6 Å². The Balaban J connectivity index is 2.43. The molecule has 2 aromatic heterocycles. The predicted octanol–water partition coefficient (Wildman–Crippen LogP) is 1.30. The van der Waals surface area contributed by atoms with E-state index in [1.807, 2.05) is 13.0 Å². The van der Waals surface area contributed by atoms with E-state index in [-0.39, 0.29) is 11.1 Å². The van der Waals surface area contributed by atoms with Crippen molar-refractivity contribution < 1.29 is 4.79 Å². The smallest absolute Gasteiger partial charge is 0.263 e. The molecular weight excluding hydrogens is 256 g/mol. The van der Waals surface area contributed by atoms with Crippen LogP contribution in [0.1, 0.15) is 27.3 Å². The minimum absolute atomic E-state index is 0.168. The van der Waals surface area contributed by atoms with Crippen LogP contribution in [0.2, 0.25) is 0 Å². The second-order valence-corrected chi connectivity index (χ2v) is 4.96. The Morgan fingerprint density at radius 1 is 1.25 bits per heavy atom. The molecular formula is C14H18N4O2. The van der Waals surface area contributed by atoms with E-state index < -0.39 is 5.91 Å². The molecule has 0 saturated heterocycles. The van der Waals surface area contributed by atoms with Gasteiger partial charge in [-0.1, -0.05) is 0 Å². The molecule has 0 unspecified atom stereocenters. The van der Waals surface area contributed by atoms with Gasteiger partial charge in [0.1, 0.15) is 5.56 Å². The Morgan fingerprint density at radius 3 is 2.45 bits per heavy atom. The lowest BCUT2D eigenvalue weighted by molar-refractivity contribution is 0.102. The largest absolute Gasteiger partial charge is 0.319 e. The van der Waals surface area contributed by atoms with Crippen LogP contribution in [0.4, 0.5) is 5.69 Å². The highest BCUT2D eigenvalue weighted by atomic mass is 16.2. The SMILES string of the molecule is Cc1cc(C)n(C)c(=O)c1C(=O)Nc1cn(C)nc1C. The van der Waals surface area contributed by atoms with Crippen LogP contribution >= 0.6 is 0 Å². The highest BCUT2D eigenvalue weighted by molar-refractivity contribution is 6.05. The van der Waals surface area contributed by atoms with Crippen molar-refractivity contribution in [2.75, 3.05) is 5.32 Å². The van der Waals surface area contributed by atoms with Gasteiger partial charge in [-0.3, -0.25) is 14.3 Å². The molecule has 0 spiro atoms. The van der Waals surface area contributed by atoms with E-state index in [0.29, 0.717) is 16.9 Å². The van der Waals surface area contributed by atoms with Crippen LogP contribution in [-0.4, -0.2) is 20.3 Å². The highest BCUT2D eigenvalue weighted by Crippen LogP contribution is 2.14. The fourth-order valence-corrected chi connectivity index (χ4v) is 2.16. The molecule has 1 amide bonds. The Morgan fingerprint density at radius 2 is 1.90 bits per heavy atom. The standard InChI is InChI=1S/C14H18N4O2/c1-8-6-9(2)18(5)14(20)12(8)13(19)15-11-7-17(4)16-10(11)3/h6-7H,1-5H3,(H,15,19). The molecule has 0 bridgehead atoms. The third-order valence-corrected chi connectivity index (χ3v) is 3.36. The van der Waals surface area contributed by atoms with Crippen LogP contribution in [0.15, 0.2) is 17.1 Å². The summed E-state index contributed by atoms with van der Waals surface area (Å²) in [6.45, 7) is 5.40. The molecule has 6 nitrogen and oxygen atoms in total. The van der Waals surface area contributed by atoms with Crippen molar-refractivity contribution in [3.63, 3.8) is 0 Å². The number of nitrogens with zero attached hydrogens (tertiary/aromatic N) is 3. The number of aryl methyl sites for hydroxylation is 4. The zero-order valence-corrected chi connectivity index (χ0v) is 12.3. The Labute approximate surface area is 117 Å². The number of anilines is 1.